The third-order valence-corrected chi connectivity index (χ3v) is 5.36. The van der Waals surface area contributed by atoms with Crippen LogP contribution in [-0.4, -0.2) is 31.5 Å². The number of thioether (sulfide) groups is 1. The molecular formula is C16H12ClN5O3S2. The summed E-state index contributed by atoms with van der Waals surface area (Å²) >= 11 is 2.64. The van der Waals surface area contributed by atoms with Crippen LogP contribution in [0.15, 0.2) is 47.6 Å². The van der Waals surface area contributed by atoms with Gasteiger partial charge in [0, 0.05) is 12.1 Å². The number of non-ortho nitro benzene ring substituents is 1. The van der Waals surface area contributed by atoms with Crippen LogP contribution in [0.25, 0.3) is 21.3 Å². The summed E-state index contributed by atoms with van der Waals surface area (Å²) in [6.07, 6.45) is 0. The number of carbonyl (C=O) groups excluding carboxylic acids is 1. The molecule has 2 aromatic carbocycles. The first-order valence-electron chi connectivity index (χ1n) is 7.51. The highest BCUT2D eigenvalue weighted by Gasteiger charge is 2.12. The number of benzene rings is 2. The third-order valence-electron chi connectivity index (χ3n) is 3.53. The molecule has 0 bridgehead atoms. The van der Waals surface area contributed by atoms with Gasteiger partial charge in [-0.2, -0.15) is 0 Å². The zero-order valence-electron chi connectivity index (χ0n) is 13.5. The van der Waals surface area contributed by atoms with Crippen molar-refractivity contribution in [1.29, 1.82) is 0 Å². The molecule has 0 atom stereocenters. The van der Waals surface area contributed by atoms with Crippen LogP contribution in [0.2, 0.25) is 0 Å². The molecule has 8 nitrogen and oxygen atoms in total. The van der Waals surface area contributed by atoms with E-state index < -0.39 is 4.92 Å². The molecule has 0 saturated heterocycles. The summed E-state index contributed by atoms with van der Waals surface area (Å²) in [6.45, 7) is 0. The number of rotatable bonds is 5. The van der Waals surface area contributed by atoms with E-state index in [2.05, 4.69) is 20.3 Å². The first-order valence-corrected chi connectivity index (χ1v) is 9.31. The van der Waals surface area contributed by atoms with Crippen molar-refractivity contribution in [1.82, 2.24) is 15.0 Å². The van der Waals surface area contributed by atoms with Crippen LogP contribution in [0.1, 0.15) is 0 Å². The van der Waals surface area contributed by atoms with Gasteiger partial charge in [0.1, 0.15) is 0 Å². The Morgan fingerprint density at radius 2 is 2.04 bits per heavy atom. The predicted molar refractivity (Wildman–Crippen MR) is 109 cm³/mol. The molecule has 11 heteroatoms. The minimum Gasteiger partial charge on any atom is -0.333 e. The fourth-order valence-corrected chi connectivity index (χ4v) is 3.94. The van der Waals surface area contributed by atoms with Gasteiger partial charge in [-0.25, -0.2) is 9.97 Å². The first kappa shape index (κ1) is 19.1. The number of H-pyrrole nitrogens is 1. The van der Waals surface area contributed by atoms with E-state index in [-0.39, 0.29) is 29.8 Å². The predicted octanol–water partition coefficient (Wildman–Crippen LogP) is 4.23. The number of nitro benzene ring substituents is 1. The van der Waals surface area contributed by atoms with E-state index >= 15 is 0 Å². The zero-order valence-corrected chi connectivity index (χ0v) is 16.0. The van der Waals surface area contributed by atoms with Crippen molar-refractivity contribution in [2.75, 3.05) is 11.1 Å². The molecule has 0 radical (unpaired) electrons. The van der Waals surface area contributed by atoms with E-state index in [0.29, 0.717) is 21.3 Å². The summed E-state index contributed by atoms with van der Waals surface area (Å²) in [5.41, 5.74) is 2.02. The molecule has 27 heavy (non-hydrogen) atoms. The van der Waals surface area contributed by atoms with E-state index in [1.54, 1.807) is 6.07 Å². The van der Waals surface area contributed by atoms with E-state index in [1.807, 2.05) is 24.3 Å². The number of fused-ring (bicyclic) bond motifs is 2. The second-order valence-corrected chi connectivity index (χ2v) is 7.32. The number of nitro groups is 1. The van der Waals surface area contributed by atoms with Crippen molar-refractivity contribution in [3.63, 3.8) is 0 Å². The molecule has 2 heterocycles. The van der Waals surface area contributed by atoms with Crippen LogP contribution in [0, 0.1) is 10.1 Å². The molecular weight excluding hydrogens is 410 g/mol. The fraction of sp³-hybridized carbons (Fsp3) is 0.0625. The number of para-hydroxylation sites is 1. The van der Waals surface area contributed by atoms with E-state index in [9.17, 15) is 14.9 Å². The Labute approximate surface area is 167 Å². The number of hydrogen-bond donors (Lipinski definition) is 2. The number of aromatic nitrogens is 3. The molecule has 1 amide bonds. The molecule has 138 valence electrons. The molecule has 2 aromatic heterocycles. The van der Waals surface area contributed by atoms with Gasteiger partial charge in [0.2, 0.25) is 5.91 Å². The molecule has 0 aliphatic carbocycles. The molecule has 0 aliphatic heterocycles. The highest BCUT2D eigenvalue weighted by molar-refractivity contribution is 7.99. The number of aromatic amines is 1. The lowest BCUT2D eigenvalue weighted by molar-refractivity contribution is -0.384. The van der Waals surface area contributed by atoms with Crippen LogP contribution in [0.5, 0.6) is 0 Å². The lowest BCUT2D eigenvalue weighted by Crippen LogP contribution is -2.13. The minimum atomic E-state index is -0.460. The van der Waals surface area contributed by atoms with Gasteiger partial charge in [0.25, 0.3) is 5.69 Å². The Kier molecular flexibility index (Phi) is 5.59. The van der Waals surface area contributed by atoms with E-state index in [0.717, 1.165) is 10.2 Å². The van der Waals surface area contributed by atoms with Crippen molar-refractivity contribution in [2.24, 2.45) is 0 Å². The summed E-state index contributed by atoms with van der Waals surface area (Å²) in [4.78, 5) is 34.1. The summed E-state index contributed by atoms with van der Waals surface area (Å²) in [5.74, 6) is -0.0434. The lowest BCUT2D eigenvalue weighted by Gasteiger charge is -1.99. The van der Waals surface area contributed by atoms with Crippen LogP contribution >= 0.6 is 35.5 Å². The smallest absolute Gasteiger partial charge is 0.271 e. The maximum atomic E-state index is 12.1. The number of nitrogens with zero attached hydrogens (tertiary/aromatic N) is 3. The van der Waals surface area contributed by atoms with Gasteiger partial charge in [-0.05, 0) is 18.2 Å². The van der Waals surface area contributed by atoms with Crippen molar-refractivity contribution in [2.45, 2.75) is 5.16 Å². The highest BCUT2D eigenvalue weighted by atomic mass is 35.5. The van der Waals surface area contributed by atoms with Gasteiger partial charge in [0.15, 0.2) is 10.3 Å². The first-order chi connectivity index (χ1) is 12.6. The molecule has 2 N–H and O–H groups in total. The van der Waals surface area contributed by atoms with E-state index in [1.165, 1.54) is 35.2 Å². The van der Waals surface area contributed by atoms with E-state index in [4.69, 9.17) is 0 Å². The van der Waals surface area contributed by atoms with Crippen molar-refractivity contribution in [3.05, 3.63) is 52.6 Å². The number of carbonyl (C=O) groups is 1. The molecule has 0 spiro atoms. The number of hydrogen-bond acceptors (Lipinski definition) is 7. The van der Waals surface area contributed by atoms with Crippen LogP contribution in [0.3, 0.4) is 0 Å². The SMILES string of the molecule is Cl.O=C(CSc1nc2ccc([N+](=O)[O-])cc2[nH]1)Nc1nc2ccccc2s1. The summed E-state index contributed by atoms with van der Waals surface area (Å²) in [7, 11) is 0. The molecule has 0 unspecified atom stereocenters. The summed E-state index contributed by atoms with van der Waals surface area (Å²) in [5, 5.41) is 14.7. The van der Waals surface area contributed by atoms with Gasteiger partial charge in [-0.1, -0.05) is 35.2 Å². The Balaban J connectivity index is 0.00000210. The molecule has 0 fully saturated rings. The number of amides is 1. The Morgan fingerprint density at radius 1 is 1.22 bits per heavy atom. The number of thiazole rings is 1. The van der Waals surface area contributed by atoms with Crippen molar-refractivity contribution >= 4 is 73.5 Å². The molecule has 0 saturated carbocycles. The second kappa shape index (κ2) is 7.91. The highest BCUT2D eigenvalue weighted by Crippen LogP contribution is 2.26. The van der Waals surface area contributed by atoms with Gasteiger partial charge in [-0.3, -0.25) is 14.9 Å². The maximum absolute atomic E-state index is 12.1. The monoisotopic (exact) mass is 421 g/mol. The van der Waals surface area contributed by atoms with Crippen LogP contribution < -0.4 is 5.32 Å². The van der Waals surface area contributed by atoms with Crippen LogP contribution in [-0.2, 0) is 4.79 Å². The number of imidazole rings is 1. The standard InChI is InChI=1S/C16H11N5O3S2.ClH/c22-14(20-16-18-11-3-1-2-4-13(11)26-16)8-25-15-17-10-6-5-9(21(23)24)7-12(10)19-15;/h1-7H,8H2,(H,17,19)(H,18,20,22);1H. The van der Waals surface area contributed by atoms with Gasteiger partial charge < -0.3 is 10.3 Å². The van der Waals surface area contributed by atoms with Crippen molar-refractivity contribution < 1.29 is 9.72 Å². The van der Waals surface area contributed by atoms with Crippen LogP contribution in [0.4, 0.5) is 10.8 Å². The van der Waals surface area contributed by atoms with Gasteiger partial charge >= 0.3 is 0 Å². The second-order valence-electron chi connectivity index (χ2n) is 5.32. The quantitative estimate of drug-likeness (QED) is 0.283. The Bertz CT molecular complexity index is 1110. The maximum Gasteiger partial charge on any atom is 0.271 e. The van der Waals surface area contributed by atoms with Crippen molar-refractivity contribution in [3.8, 4) is 0 Å². The molecule has 0 aliphatic rings. The van der Waals surface area contributed by atoms with Gasteiger partial charge in [0.05, 0.1) is 31.9 Å². The third kappa shape index (κ3) is 4.18. The molecule has 4 rings (SSSR count). The van der Waals surface area contributed by atoms with Gasteiger partial charge in [-0.15, -0.1) is 12.4 Å². The average molecular weight is 422 g/mol. The minimum absolute atomic E-state index is 0. The summed E-state index contributed by atoms with van der Waals surface area (Å²) in [6, 6.07) is 12.1. The molecule has 4 aromatic rings. The number of nitrogens with one attached hydrogen (secondary N) is 2. The largest absolute Gasteiger partial charge is 0.333 e. The average Bonchev–Trinajstić information content (AvgIpc) is 3.21. The zero-order chi connectivity index (χ0) is 18.1. The Hall–Kier alpha value is -2.69. The normalized spacial score (nSPS) is 10.7. The lowest BCUT2D eigenvalue weighted by atomic mass is 10.3. The number of anilines is 1. The number of halogens is 1. The summed E-state index contributed by atoms with van der Waals surface area (Å²) < 4.78 is 1.01. The Morgan fingerprint density at radius 3 is 2.81 bits per heavy atom. The fourth-order valence-electron chi connectivity index (χ4n) is 2.37. The topological polar surface area (TPSA) is 114 Å².